The van der Waals surface area contributed by atoms with Crippen molar-refractivity contribution in [1.82, 2.24) is 9.47 Å². The van der Waals surface area contributed by atoms with Crippen LogP contribution in [0.5, 0.6) is 0 Å². The van der Waals surface area contributed by atoms with Crippen LogP contribution in [0.4, 0.5) is 14.5 Å². The Bertz CT molecular complexity index is 1690. The molecule has 3 aromatic rings. The number of carbonyl (C=O) groups excluding carboxylic acids is 2. The molecule has 1 aromatic heterocycles. The molecule has 1 fully saturated rings. The van der Waals surface area contributed by atoms with Crippen LogP contribution in [0.25, 0.3) is 16.5 Å². The van der Waals surface area contributed by atoms with Gasteiger partial charge in [-0.05, 0) is 42.0 Å². The second-order valence-corrected chi connectivity index (χ2v) is 10.1. The maximum Gasteiger partial charge on any atom is 0.261 e. The van der Waals surface area contributed by atoms with E-state index in [0.29, 0.717) is 11.3 Å². The Hall–Kier alpha value is -3.81. The van der Waals surface area contributed by atoms with E-state index in [0.717, 1.165) is 11.0 Å². The first-order valence-corrected chi connectivity index (χ1v) is 12.2. The predicted molar refractivity (Wildman–Crippen MR) is 131 cm³/mol. The molecular formula is C27H21F2N3O7. The standard InChI is InChI=1S/C27H21F2N3O7/c1-31-25(37)18-16-11-6-9(28)2-4-13(11)30-20(16)21-17(19(18)26(31)38)12-7-10(29)3-5-14(12)32(21)27-24(36)23(35)22(34)15(8-33)39-27/h2-7,15-16,22-24,27,33-36H,8H2,1H3/t15-,16?,22-,23+,24-,27-/m1/s1. The van der Waals surface area contributed by atoms with Crippen LogP contribution in [0.1, 0.15) is 29.0 Å². The fourth-order valence-corrected chi connectivity index (χ4v) is 6.21. The van der Waals surface area contributed by atoms with E-state index in [-0.39, 0.29) is 39.0 Å². The Morgan fingerprint density at radius 3 is 2.44 bits per heavy atom. The van der Waals surface area contributed by atoms with Gasteiger partial charge in [0.05, 0.1) is 40.7 Å². The molecule has 0 spiro atoms. The molecule has 4 N–H and O–H groups in total. The molecule has 0 bridgehead atoms. The van der Waals surface area contributed by atoms with E-state index < -0.39 is 66.6 Å². The molecule has 3 aliphatic heterocycles. The number of aliphatic hydroxyl groups is 4. The molecule has 4 heterocycles. The van der Waals surface area contributed by atoms with Crippen molar-refractivity contribution in [2.45, 2.75) is 36.6 Å². The van der Waals surface area contributed by atoms with E-state index in [4.69, 9.17) is 9.73 Å². The van der Waals surface area contributed by atoms with Gasteiger partial charge in [0.1, 0.15) is 36.1 Å². The molecule has 6 atom stereocenters. The minimum atomic E-state index is -1.72. The smallest absolute Gasteiger partial charge is 0.261 e. The molecule has 1 unspecified atom stereocenters. The Balaban J connectivity index is 1.59. The number of fused-ring (bicyclic) bond motifs is 9. The summed E-state index contributed by atoms with van der Waals surface area (Å²) in [6, 6.07) is 7.64. The summed E-state index contributed by atoms with van der Waals surface area (Å²) < 4.78 is 36.3. The Labute approximate surface area is 218 Å². The van der Waals surface area contributed by atoms with Crippen LogP contribution in [0.3, 0.4) is 0 Å². The molecule has 200 valence electrons. The van der Waals surface area contributed by atoms with Gasteiger partial charge in [-0.1, -0.05) is 0 Å². The van der Waals surface area contributed by atoms with Crippen molar-refractivity contribution in [1.29, 1.82) is 0 Å². The van der Waals surface area contributed by atoms with Crippen LogP contribution in [-0.2, 0) is 14.3 Å². The Morgan fingerprint density at radius 2 is 1.69 bits per heavy atom. The number of rotatable bonds is 2. The van der Waals surface area contributed by atoms with Crippen molar-refractivity contribution >= 4 is 39.7 Å². The second kappa shape index (κ2) is 8.10. The number of benzene rings is 2. The van der Waals surface area contributed by atoms with E-state index >= 15 is 0 Å². The number of hydrogen-bond donors (Lipinski definition) is 4. The second-order valence-electron chi connectivity index (χ2n) is 10.1. The fourth-order valence-electron chi connectivity index (χ4n) is 6.21. The maximum atomic E-state index is 14.6. The number of amides is 2. The highest BCUT2D eigenvalue weighted by molar-refractivity contribution is 6.43. The zero-order chi connectivity index (χ0) is 27.5. The van der Waals surface area contributed by atoms with Gasteiger partial charge < -0.3 is 29.7 Å². The number of imide groups is 1. The van der Waals surface area contributed by atoms with Crippen molar-refractivity contribution in [2.75, 3.05) is 13.7 Å². The lowest BCUT2D eigenvalue weighted by Gasteiger charge is -2.41. The van der Waals surface area contributed by atoms with Crippen LogP contribution < -0.4 is 0 Å². The van der Waals surface area contributed by atoms with E-state index in [1.807, 2.05) is 0 Å². The number of nitrogens with zero attached hydrogens (tertiary/aromatic N) is 3. The first-order chi connectivity index (χ1) is 18.6. The van der Waals surface area contributed by atoms with Gasteiger partial charge in [-0.25, -0.2) is 13.8 Å². The molecule has 39 heavy (non-hydrogen) atoms. The van der Waals surface area contributed by atoms with Crippen molar-refractivity contribution in [3.05, 3.63) is 70.4 Å². The molecular weight excluding hydrogens is 516 g/mol. The van der Waals surface area contributed by atoms with Gasteiger partial charge in [-0.3, -0.25) is 14.5 Å². The number of hydrogen-bond acceptors (Lipinski definition) is 8. The molecule has 0 radical (unpaired) electrons. The summed E-state index contributed by atoms with van der Waals surface area (Å²) in [4.78, 5) is 32.5. The predicted octanol–water partition coefficient (Wildman–Crippen LogP) is 0.876. The van der Waals surface area contributed by atoms with Gasteiger partial charge in [0, 0.05) is 23.6 Å². The number of aliphatic hydroxyl groups excluding tert-OH is 4. The first kappa shape index (κ1) is 24.2. The van der Waals surface area contributed by atoms with E-state index in [1.165, 1.54) is 41.9 Å². The molecule has 7 rings (SSSR count). The summed E-state index contributed by atoms with van der Waals surface area (Å²) in [7, 11) is 1.32. The van der Waals surface area contributed by atoms with Crippen LogP contribution in [0.15, 0.2) is 47.0 Å². The van der Waals surface area contributed by atoms with Gasteiger partial charge in [-0.15, -0.1) is 0 Å². The van der Waals surface area contributed by atoms with E-state index in [9.17, 15) is 38.8 Å². The summed E-state index contributed by atoms with van der Waals surface area (Å²) in [5, 5.41) is 42.0. The Morgan fingerprint density at radius 1 is 0.974 bits per heavy atom. The van der Waals surface area contributed by atoms with Crippen LogP contribution >= 0.6 is 0 Å². The molecule has 10 nitrogen and oxygen atoms in total. The number of likely N-dealkylation sites (N-methyl/N-ethyl adjacent to an activating group) is 1. The molecule has 1 saturated heterocycles. The number of halogens is 2. The van der Waals surface area contributed by atoms with E-state index in [1.54, 1.807) is 0 Å². The van der Waals surface area contributed by atoms with E-state index in [2.05, 4.69) is 0 Å². The number of ether oxygens (including phenoxy) is 1. The zero-order valence-electron chi connectivity index (χ0n) is 20.2. The number of aliphatic imine (C=N–C) groups is 1. The SMILES string of the molecule is CN1C(=O)C2=C(C1=O)C1C(=Nc3ccc(F)cc31)c1c2c2cc(F)ccc2n1[C@@H]1O[C@H](CO)[C@@H](O)[C@H](O)[C@H]1O. The third-order valence-electron chi connectivity index (χ3n) is 8.01. The number of aromatic nitrogens is 1. The van der Waals surface area contributed by atoms with Gasteiger partial charge in [-0.2, -0.15) is 0 Å². The average molecular weight is 537 g/mol. The van der Waals surface area contributed by atoms with Gasteiger partial charge in [0.25, 0.3) is 11.8 Å². The molecule has 1 aliphatic carbocycles. The largest absolute Gasteiger partial charge is 0.394 e. The molecule has 12 heteroatoms. The lowest BCUT2D eigenvalue weighted by Crippen LogP contribution is -2.56. The third-order valence-corrected chi connectivity index (χ3v) is 8.01. The molecule has 2 amide bonds. The van der Waals surface area contributed by atoms with Crippen LogP contribution in [-0.4, -0.2) is 85.5 Å². The third kappa shape index (κ3) is 3.03. The first-order valence-electron chi connectivity index (χ1n) is 12.2. The minimum absolute atomic E-state index is 0.00231. The summed E-state index contributed by atoms with van der Waals surface area (Å²) in [6.07, 6.45) is -7.74. The monoisotopic (exact) mass is 537 g/mol. The summed E-state index contributed by atoms with van der Waals surface area (Å²) in [6.45, 7) is -0.682. The van der Waals surface area contributed by atoms with Crippen molar-refractivity contribution in [3.63, 3.8) is 0 Å². The van der Waals surface area contributed by atoms with Crippen LogP contribution in [0, 0.1) is 11.6 Å². The lowest BCUT2D eigenvalue weighted by molar-refractivity contribution is -0.250. The zero-order valence-corrected chi connectivity index (χ0v) is 20.2. The molecule has 4 aliphatic rings. The Kier molecular flexibility index (Phi) is 5.04. The summed E-state index contributed by atoms with van der Waals surface area (Å²) >= 11 is 0. The van der Waals surface area contributed by atoms with Gasteiger partial charge in [0.2, 0.25) is 0 Å². The maximum absolute atomic E-state index is 14.6. The topological polar surface area (TPSA) is 145 Å². The highest BCUT2D eigenvalue weighted by Gasteiger charge is 2.53. The summed E-state index contributed by atoms with van der Waals surface area (Å²) in [5.74, 6) is -3.39. The highest BCUT2D eigenvalue weighted by atomic mass is 19.1. The lowest BCUT2D eigenvalue weighted by atomic mass is 9.77. The minimum Gasteiger partial charge on any atom is -0.394 e. The molecule has 0 saturated carbocycles. The fraction of sp³-hybridized carbons (Fsp3) is 0.296. The van der Waals surface area contributed by atoms with Crippen molar-refractivity contribution in [3.8, 4) is 0 Å². The van der Waals surface area contributed by atoms with Crippen LogP contribution in [0.2, 0.25) is 0 Å². The highest BCUT2D eigenvalue weighted by Crippen LogP contribution is 2.54. The average Bonchev–Trinajstić information content (AvgIpc) is 3.52. The summed E-state index contributed by atoms with van der Waals surface area (Å²) in [5.41, 5.74) is 1.71. The van der Waals surface area contributed by atoms with Crippen molar-refractivity contribution < 1.29 is 43.5 Å². The normalized spacial score (nSPS) is 29.5. The quantitative estimate of drug-likeness (QED) is 0.355. The van der Waals surface area contributed by atoms with Crippen molar-refractivity contribution in [2.24, 2.45) is 4.99 Å². The van der Waals surface area contributed by atoms with Gasteiger partial charge in [0.15, 0.2) is 6.23 Å². The molecule has 2 aromatic carbocycles. The van der Waals surface area contributed by atoms with Gasteiger partial charge >= 0.3 is 0 Å². The number of carbonyl (C=O) groups is 2.